The standard InChI is InChI=1S/C14H22N2O/c1-11(10-13-8-5-9-17-13)16-14(15)12-6-3-2-4-7-12/h5,8-9,11-12H,2-4,6-7,10H2,1H3,(H2,15,16). The van der Waals surface area contributed by atoms with Crippen molar-refractivity contribution in [1.82, 2.24) is 0 Å². The van der Waals surface area contributed by atoms with Crippen LogP contribution in [0.15, 0.2) is 27.8 Å². The van der Waals surface area contributed by atoms with E-state index in [9.17, 15) is 0 Å². The van der Waals surface area contributed by atoms with Crippen LogP contribution in [-0.4, -0.2) is 11.9 Å². The van der Waals surface area contributed by atoms with Gasteiger partial charge in [0, 0.05) is 12.3 Å². The van der Waals surface area contributed by atoms with Gasteiger partial charge in [-0.15, -0.1) is 0 Å². The van der Waals surface area contributed by atoms with Crippen LogP contribution in [0.1, 0.15) is 44.8 Å². The zero-order valence-electron chi connectivity index (χ0n) is 10.6. The van der Waals surface area contributed by atoms with Crippen LogP contribution in [0.25, 0.3) is 0 Å². The lowest BCUT2D eigenvalue weighted by Crippen LogP contribution is -2.27. The van der Waals surface area contributed by atoms with Crippen LogP contribution in [0.3, 0.4) is 0 Å². The molecule has 1 heterocycles. The first-order chi connectivity index (χ1) is 8.25. The molecule has 3 heteroatoms. The Kier molecular flexibility index (Phi) is 4.24. The summed E-state index contributed by atoms with van der Waals surface area (Å²) in [6.45, 7) is 2.10. The maximum atomic E-state index is 6.10. The Morgan fingerprint density at radius 1 is 1.47 bits per heavy atom. The maximum absolute atomic E-state index is 6.10. The fourth-order valence-electron chi connectivity index (χ4n) is 2.52. The van der Waals surface area contributed by atoms with Crippen LogP contribution in [0.4, 0.5) is 0 Å². The number of hydrogen-bond donors (Lipinski definition) is 1. The van der Waals surface area contributed by atoms with Gasteiger partial charge in [0.05, 0.1) is 18.1 Å². The zero-order chi connectivity index (χ0) is 12.1. The number of rotatable bonds is 4. The molecule has 0 radical (unpaired) electrons. The highest BCUT2D eigenvalue weighted by molar-refractivity contribution is 5.83. The van der Waals surface area contributed by atoms with E-state index in [1.165, 1.54) is 32.1 Å². The molecule has 0 bridgehead atoms. The number of amidine groups is 1. The first-order valence-electron chi connectivity index (χ1n) is 6.61. The van der Waals surface area contributed by atoms with Crippen LogP contribution >= 0.6 is 0 Å². The van der Waals surface area contributed by atoms with E-state index >= 15 is 0 Å². The number of hydrogen-bond acceptors (Lipinski definition) is 2. The van der Waals surface area contributed by atoms with Crippen molar-refractivity contribution in [2.45, 2.75) is 51.5 Å². The maximum Gasteiger partial charge on any atom is 0.105 e. The van der Waals surface area contributed by atoms with Gasteiger partial charge in [0.25, 0.3) is 0 Å². The molecule has 1 aliphatic carbocycles. The Morgan fingerprint density at radius 3 is 2.88 bits per heavy atom. The average Bonchev–Trinajstić information content (AvgIpc) is 2.82. The minimum Gasteiger partial charge on any atom is -0.469 e. The van der Waals surface area contributed by atoms with Crippen LogP contribution in [-0.2, 0) is 6.42 Å². The molecule has 1 aromatic heterocycles. The number of aliphatic imine (C=N–C) groups is 1. The molecule has 1 aromatic rings. The van der Waals surface area contributed by atoms with Gasteiger partial charge in [0.1, 0.15) is 5.76 Å². The molecular formula is C14H22N2O. The SMILES string of the molecule is CC(Cc1ccco1)N=C(N)C1CCCCC1. The fourth-order valence-corrected chi connectivity index (χ4v) is 2.52. The summed E-state index contributed by atoms with van der Waals surface area (Å²) in [5, 5.41) is 0. The van der Waals surface area contributed by atoms with Crippen molar-refractivity contribution < 1.29 is 4.42 Å². The summed E-state index contributed by atoms with van der Waals surface area (Å²) in [4.78, 5) is 4.61. The zero-order valence-corrected chi connectivity index (χ0v) is 10.6. The summed E-state index contributed by atoms with van der Waals surface area (Å²) < 4.78 is 5.32. The Morgan fingerprint density at radius 2 is 2.24 bits per heavy atom. The second-order valence-electron chi connectivity index (χ2n) is 5.02. The van der Waals surface area contributed by atoms with E-state index in [0.717, 1.165) is 18.0 Å². The van der Waals surface area contributed by atoms with Gasteiger partial charge in [-0.3, -0.25) is 4.99 Å². The van der Waals surface area contributed by atoms with Crippen molar-refractivity contribution in [2.75, 3.05) is 0 Å². The highest BCUT2D eigenvalue weighted by atomic mass is 16.3. The van der Waals surface area contributed by atoms with E-state index in [2.05, 4.69) is 11.9 Å². The molecule has 94 valence electrons. The summed E-state index contributed by atoms with van der Waals surface area (Å²) in [5.41, 5.74) is 6.10. The first-order valence-corrected chi connectivity index (χ1v) is 6.61. The van der Waals surface area contributed by atoms with E-state index in [4.69, 9.17) is 10.2 Å². The van der Waals surface area contributed by atoms with E-state index in [-0.39, 0.29) is 6.04 Å². The molecule has 1 atom stereocenters. The summed E-state index contributed by atoms with van der Waals surface area (Å²) in [7, 11) is 0. The van der Waals surface area contributed by atoms with Crippen LogP contribution in [0.2, 0.25) is 0 Å². The van der Waals surface area contributed by atoms with Crippen LogP contribution in [0, 0.1) is 5.92 Å². The second-order valence-corrected chi connectivity index (χ2v) is 5.02. The van der Waals surface area contributed by atoms with Crippen molar-refractivity contribution in [3.8, 4) is 0 Å². The summed E-state index contributed by atoms with van der Waals surface area (Å²) in [5.74, 6) is 2.35. The Hall–Kier alpha value is -1.25. The van der Waals surface area contributed by atoms with Gasteiger partial charge >= 0.3 is 0 Å². The van der Waals surface area contributed by atoms with Crippen molar-refractivity contribution in [2.24, 2.45) is 16.6 Å². The third-order valence-electron chi connectivity index (χ3n) is 3.47. The predicted molar refractivity (Wildman–Crippen MR) is 70.1 cm³/mol. The van der Waals surface area contributed by atoms with Crippen LogP contribution < -0.4 is 5.73 Å². The molecule has 0 aliphatic heterocycles. The van der Waals surface area contributed by atoms with E-state index in [0.29, 0.717) is 5.92 Å². The molecule has 1 fully saturated rings. The Labute approximate surface area is 103 Å². The van der Waals surface area contributed by atoms with Gasteiger partial charge in [-0.2, -0.15) is 0 Å². The molecule has 0 aromatic carbocycles. The third-order valence-corrected chi connectivity index (χ3v) is 3.47. The predicted octanol–water partition coefficient (Wildman–Crippen LogP) is 3.15. The molecule has 0 spiro atoms. The van der Waals surface area contributed by atoms with Gasteiger partial charge in [0.2, 0.25) is 0 Å². The summed E-state index contributed by atoms with van der Waals surface area (Å²) in [6.07, 6.45) is 8.91. The molecule has 2 N–H and O–H groups in total. The highest BCUT2D eigenvalue weighted by Crippen LogP contribution is 2.24. The molecular weight excluding hydrogens is 212 g/mol. The number of furan rings is 1. The first kappa shape index (κ1) is 12.2. The van der Waals surface area contributed by atoms with Crippen molar-refractivity contribution in [3.63, 3.8) is 0 Å². The third kappa shape index (κ3) is 3.62. The summed E-state index contributed by atoms with van der Waals surface area (Å²) in [6, 6.07) is 4.11. The molecule has 0 amide bonds. The van der Waals surface area contributed by atoms with Crippen LogP contribution in [0.5, 0.6) is 0 Å². The van der Waals surface area contributed by atoms with E-state index in [1.807, 2.05) is 12.1 Å². The molecule has 1 unspecified atom stereocenters. The van der Waals surface area contributed by atoms with E-state index in [1.54, 1.807) is 6.26 Å². The molecule has 3 nitrogen and oxygen atoms in total. The lowest BCUT2D eigenvalue weighted by atomic mass is 9.88. The quantitative estimate of drug-likeness (QED) is 0.642. The van der Waals surface area contributed by atoms with E-state index < -0.39 is 0 Å². The van der Waals surface area contributed by atoms with Crippen molar-refractivity contribution in [1.29, 1.82) is 0 Å². The minimum atomic E-state index is 0.211. The fraction of sp³-hybridized carbons (Fsp3) is 0.643. The lowest BCUT2D eigenvalue weighted by molar-refractivity contribution is 0.434. The normalized spacial score (nSPS) is 20.4. The number of nitrogens with zero attached hydrogens (tertiary/aromatic N) is 1. The Balaban J connectivity index is 1.88. The second kappa shape index (κ2) is 5.89. The van der Waals surface area contributed by atoms with Gasteiger partial charge in [-0.05, 0) is 31.9 Å². The van der Waals surface area contributed by atoms with Gasteiger partial charge in [-0.25, -0.2) is 0 Å². The van der Waals surface area contributed by atoms with Gasteiger partial charge < -0.3 is 10.2 Å². The average molecular weight is 234 g/mol. The van der Waals surface area contributed by atoms with Gasteiger partial charge in [0.15, 0.2) is 0 Å². The topological polar surface area (TPSA) is 51.5 Å². The Bertz CT molecular complexity index is 350. The number of nitrogens with two attached hydrogens (primary N) is 1. The monoisotopic (exact) mass is 234 g/mol. The molecule has 2 rings (SSSR count). The summed E-state index contributed by atoms with van der Waals surface area (Å²) >= 11 is 0. The molecule has 17 heavy (non-hydrogen) atoms. The van der Waals surface area contributed by atoms with Crippen molar-refractivity contribution >= 4 is 5.84 Å². The molecule has 1 saturated carbocycles. The molecule has 1 aliphatic rings. The largest absolute Gasteiger partial charge is 0.469 e. The lowest BCUT2D eigenvalue weighted by Gasteiger charge is -2.21. The van der Waals surface area contributed by atoms with Crippen molar-refractivity contribution in [3.05, 3.63) is 24.2 Å². The smallest absolute Gasteiger partial charge is 0.105 e. The minimum absolute atomic E-state index is 0.211. The van der Waals surface area contributed by atoms with Gasteiger partial charge in [-0.1, -0.05) is 19.3 Å². The highest BCUT2D eigenvalue weighted by Gasteiger charge is 2.17. The molecule has 0 saturated heterocycles.